The lowest BCUT2D eigenvalue weighted by molar-refractivity contribution is -0.119. The van der Waals surface area contributed by atoms with E-state index in [0.29, 0.717) is 17.9 Å². The van der Waals surface area contributed by atoms with Crippen LogP contribution < -0.4 is 15.8 Å². The zero-order valence-electron chi connectivity index (χ0n) is 11.8. The van der Waals surface area contributed by atoms with Gasteiger partial charge in [0.1, 0.15) is 5.75 Å². The number of carbonyl (C=O) groups is 1. The van der Waals surface area contributed by atoms with Crippen LogP contribution in [0.1, 0.15) is 25.7 Å². The molecular weight excluding hydrogens is 256 g/mol. The molecule has 1 saturated carbocycles. The number of ether oxygens (including phenoxy) is 2. The van der Waals surface area contributed by atoms with Crippen LogP contribution >= 0.6 is 0 Å². The molecule has 0 saturated heterocycles. The lowest BCUT2D eigenvalue weighted by Crippen LogP contribution is -2.29. The van der Waals surface area contributed by atoms with Gasteiger partial charge in [0.15, 0.2) is 6.61 Å². The van der Waals surface area contributed by atoms with E-state index in [-0.39, 0.29) is 6.61 Å². The Labute approximate surface area is 119 Å². The molecule has 1 aliphatic rings. The summed E-state index contributed by atoms with van der Waals surface area (Å²) < 4.78 is 10.7. The average molecular weight is 278 g/mol. The van der Waals surface area contributed by atoms with Crippen molar-refractivity contribution in [2.45, 2.75) is 37.8 Å². The van der Waals surface area contributed by atoms with E-state index in [4.69, 9.17) is 15.2 Å². The van der Waals surface area contributed by atoms with Gasteiger partial charge in [0.05, 0.1) is 6.10 Å². The Bertz CT molecular complexity index is 442. The second kappa shape index (κ2) is 7.14. The largest absolute Gasteiger partial charge is 0.484 e. The molecule has 3 N–H and O–H groups in total. The van der Waals surface area contributed by atoms with E-state index >= 15 is 0 Å². The Morgan fingerprint density at radius 1 is 1.35 bits per heavy atom. The normalized spacial score (nSPS) is 22.2. The lowest BCUT2D eigenvalue weighted by atomic mass is 9.93. The predicted octanol–water partition coefficient (Wildman–Crippen LogP) is 1.92. The van der Waals surface area contributed by atoms with Crippen LogP contribution in [-0.4, -0.2) is 31.8 Å². The zero-order chi connectivity index (χ0) is 14.4. The van der Waals surface area contributed by atoms with Gasteiger partial charge in [-0.2, -0.15) is 0 Å². The number of hydrogen-bond acceptors (Lipinski definition) is 4. The molecule has 0 bridgehead atoms. The maximum Gasteiger partial charge on any atom is 0.255 e. The molecule has 0 unspecified atom stereocenters. The highest BCUT2D eigenvalue weighted by Crippen LogP contribution is 2.25. The number of anilines is 1. The summed E-state index contributed by atoms with van der Waals surface area (Å²) in [5.74, 6) is 0.181. The number of nitrogens with one attached hydrogen (secondary N) is 1. The van der Waals surface area contributed by atoms with Crippen LogP contribution in [0, 0.1) is 0 Å². The zero-order valence-corrected chi connectivity index (χ0v) is 11.8. The minimum absolute atomic E-state index is 0.0948. The number of rotatable bonds is 6. The van der Waals surface area contributed by atoms with Crippen molar-refractivity contribution in [1.82, 2.24) is 0 Å². The van der Waals surface area contributed by atoms with Crippen LogP contribution in [0.4, 0.5) is 5.69 Å². The van der Waals surface area contributed by atoms with Crippen molar-refractivity contribution in [3.05, 3.63) is 24.3 Å². The second-order valence-electron chi connectivity index (χ2n) is 5.14. The van der Waals surface area contributed by atoms with Crippen molar-refractivity contribution in [3.63, 3.8) is 0 Å². The van der Waals surface area contributed by atoms with Gasteiger partial charge in [-0.25, -0.2) is 0 Å². The van der Waals surface area contributed by atoms with Crippen molar-refractivity contribution in [2.24, 2.45) is 5.73 Å². The average Bonchev–Trinajstić information content (AvgIpc) is 2.46. The highest BCUT2D eigenvalue weighted by molar-refractivity contribution is 5.75. The molecule has 1 aliphatic carbocycles. The summed E-state index contributed by atoms with van der Waals surface area (Å²) in [4.78, 5) is 10.7. The van der Waals surface area contributed by atoms with Crippen molar-refractivity contribution >= 4 is 11.6 Å². The number of benzene rings is 1. The van der Waals surface area contributed by atoms with Gasteiger partial charge in [0, 0.05) is 24.9 Å². The third-order valence-corrected chi connectivity index (χ3v) is 3.59. The first-order valence-corrected chi connectivity index (χ1v) is 6.98. The van der Waals surface area contributed by atoms with Crippen molar-refractivity contribution in [3.8, 4) is 5.75 Å². The molecule has 2 rings (SSSR count). The number of carbonyl (C=O) groups excluding carboxylic acids is 1. The maximum atomic E-state index is 10.7. The molecule has 110 valence electrons. The topological polar surface area (TPSA) is 73.6 Å². The third kappa shape index (κ3) is 4.42. The molecular formula is C15H22N2O3. The fraction of sp³-hybridized carbons (Fsp3) is 0.533. The first-order valence-electron chi connectivity index (χ1n) is 6.98. The molecule has 0 radical (unpaired) electrons. The van der Waals surface area contributed by atoms with Crippen molar-refractivity contribution in [2.75, 3.05) is 19.0 Å². The SMILES string of the molecule is COC1CCC(Nc2cccc(OCC(N)=O)c2)CC1. The molecule has 1 fully saturated rings. The van der Waals surface area contributed by atoms with E-state index in [9.17, 15) is 4.79 Å². The van der Waals surface area contributed by atoms with E-state index < -0.39 is 5.91 Å². The third-order valence-electron chi connectivity index (χ3n) is 3.59. The van der Waals surface area contributed by atoms with Gasteiger partial charge in [-0.3, -0.25) is 4.79 Å². The Morgan fingerprint density at radius 2 is 2.10 bits per heavy atom. The quantitative estimate of drug-likeness (QED) is 0.833. The Hall–Kier alpha value is -1.75. The summed E-state index contributed by atoms with van der Waals surface area (Å²) in [6, 6.07) is 8.08. The van der Waals surface area contributed by atoms with Crippen LogP contribution in [0.5, 0.6) is 5.75 Å². The Balaban J connectivity index is 1.86. The molecule has 5 nitrogen and oxygen atoms in total. The molecule has 0 aliphatic heterocycles. The van der Waals surface area contributed by atoms with E-state index in [1.54, 1.807) is 7.11 Å². The minimum atomic E-state index is -0.471. The molecule has 20 heavy (non-hydrogen) atoms. The minimum Gasteiger partial charge on any atom is -0.484 e. The van der Waals surface area contributed by atoms with Crippen LogP contribution in [0.15, 0.2) is 24.3 Å². The molecule has 0 atom stereocenters. The number of primary amides is 1. The molecule has 1 aromatic carbocycles. The van der Waals surface area contributed by atoms with E-state index in [2.05, 4.69) is 5.32 Å². The van der Waals surface area contributed by atoms with Gasteiger partial charge in [0.2, 0.25) is 0 Å². The summed E-state index contributed by atoms with van der Waals surface area (Å²) in [7, 11) is 1.78. The second-order valence-corrected chi connectivity index (χ2v) is 5.14. The van der Waals surface area contributed by atoms with Crippen LogP contribution in [0.2, 0.25) is 0 Å². The number of amides is 1. The van der Waals surface area contributed by atoms with Crippen LogP contribution in [0.3, 0.4) is 0 Å². The van der Waals surface area contributed by atoms with E-state index in [1.165, 1.54) is 0 Å². The number of methoxy groups -OCH3 is 1. The summed E-state index contributed by atoms with van der Waals surface area (Å²) in [6.07, 6.45) is 4.78. The molecule has 1 aromatic rings. The molecule has 0 spiro atoms. The Kier molecular flexibility index (Phi) is 5.24. The van der Waals surface area contributed by atoms with E-state index in [1.807, 2.05) is 24.3 Å². The Morgan fingerprint density at radius 3 is 2.75 bits per heavy atom. The highest BCUT2D eigenvalue weighted by atomic mass is 16.5. The van der Waals surface area contributed by atoms with Crippen molar-refractivity contribution < 1.29 is 14.3 Å². The van der Waals surface area contributed by atoms with Crippen LogP contribution in [-0.2, 0) is 9.53 Å². The fourth-order valence-corrected chi connectivity index (χ4v) is 2.51. The van der Waals surface area contributed by atoms with Gasteiger partial charge < -0.3 is 20.5 Å². The first kappa shape index (κ1) is 14.7. The fourth-order valence-electron chi connectivity index (χ4n) is 2.51. The summed E-state index contributed by atoms with van der Waals surface area (Å²) in [5, 5.41) is 3.50. The smallest absolute Gasteiger partial charge is 0.255 e. The van der Waals surface area contributed by atoms with Gasteiger partial charge in [0.25, 0.3) is 5.91 Å². The molecule has 0 aromatic heterocycles. The standard InChI is InChI=1S/C15H22N2O3/c1-19-13-7-5-11(6-8-13)17-12-3-2-4-14(9-12)20-10-15(16)18/h2-4,9,11,13,17H,5-8,10H2,1H3,(H2,16,18). The maximum absolute atomic E-state index is 10.7. The van der Waals surface area contributed by atoms with Gasteiger partial charge in [-0.1, -0.05) is 6.07 Å². The van der Waals surface area contributed by atoms with Crippen LogP contribution in [0.25, 0.3) is 0 Å². The molecule has 1 amide bonds. The highest BCUT2D eigenvalue weighted by Gasteiger charge is 2.20. The first-order chi connectivity index (χ1) is 9.67. The molecule has 0 heterocycles. The summed E-state index contributed by atoms with van der Waals surface area (Å²) in [6.45, 7) is -0.0948. The summed E-state index contributed by atoms with van der Waals surface area (Å²) >= 11 is 0. The van der Waals surface area contributed by atoms with E-state index in [0.717, 1.165) is 31.4 Å². The van der Waals surface area contributed by atoms with Gasteiger partial charge >= 0.3 is 0 Å². The summed E-state index contributed by atoms with van der Waals surface area (Å²) in [5.41, 5.74) is 6.07. The van der Waals surface area contributed by atoms with Gasteiger partial charge in [-0.15, -0.1) is 0 Å². The lowest BCUT2D eigenvalue weighted by Gasteiger charge is -2.29. The molecule has 5 heteroatoms. The predicted molar refractivity (Wildman–Crippen MR) is 77.8 cm³/mol. The number of nitrogens with two attached hydrogens (primary N) is 1. The van der Waals surface area contributed by atoms with Crippen molar-refractivity contribution in [1.29, 1.82) is 0 Å². The monoisotopic (exact) mass is 278 g/mol. The number of hydrogen-bond donors (Lipinski definition) is 2. The van der Waals surface area contributed by atoms with Gasteiger partial charge in [-0.05, 0) is 37.8 Å².